The lowest BCUT2D eigenvalue weighted by Gasteiger charge is -2.25. The van der Waals surface area contributed by atoms with Gasteiger partial charge in [0.25, 0.3) is 5.91 Å². The molecule has 0 spiro atoms. The molecule has 4 rings (SSSR count). The van der Waals surface area contributed by atoms with Crippen LogP contribution in [-0.2, 0) is 17.7 Å². The van der Waals surface area contributed by atoms with Crippen molar-refractivity contribution in [3.8, 4) is 0 Å². The zero-order valence-corrected chi connectivity index (χ0v) is 18.0. The summed E-state index contributed by atoms with van der Waals surface area (Å²) in [7, 11) is 0. The number of nitrogens with zero attached hydrogens (tertiary/aromatic N) is 1. The van der Waals surface area contributed by atoms with Crippen molar-refractivity contribution in [3.63, 3.8) is 0 Å². The molecule has 0 atom stereocenters. The van der Waals surface area contributed by atoms with Crippen LogP contribution in [0.25, 0.3) is 11.0 Å². The van der Waals surface area contributed by atoms with E-state index in [2.05, 4.69) is 17.1 Å². The Morgan fingerprint density at radius 2 is 2.07 bits per heavy atom. The van der Waals surface area contributed by atoms with Gasteiger partial charge in [-0.1, -0.05) is 25.1 Å². The highest BCUT2D eigenvalue weighted by Gasteiger charge is 2.29. The Morgan fingerprint density at radius 1 is 1.28 bits per heavy atom. The van der Waals surface area contributed by atoms with E-state index < -0.39 is 0 Å². The summed E-state index contributed by atoms with van der Waals surface area (Å²) in [6.07, 6.45) is 0.772. The van der Waals surface area contributed by atoms with Crippen LogP contribution in [0.15, 0.2) is 34.7 Å². The number of furan rings is 1. The van der Waals surface area contributed by atoms with E-state index in [1.54, 1.807) is 13.0 Å². The van der Waals surface area contributed by atoms with Crippen LogP contribution in [0.4, 0.5) is 5.00 Å². The maximum atomic E-state index is 12.8. The molecule has 1 aromatic carbocycles. The predicted molar refractivity (Wildman–Crippen MR) is 116 cm³/mol. The molecular formula is C21H23ClN2O4S. The molecule has 1 amide bonds. The number of rotatable bonds is 5. The summed E-state index contributed by atoms with van der Waals surface area (Å²) < 4.78 is 10.9. The maximum Gasteiger partial charge on any atom is 0.341 e. The summed E-state index contributed by atoms with van der Waals surface area (Å²) in [6.45, 7) is 6.82. The molecule has 0 saturated heterocycles. The molecule has 0 radical (unpaired) electrons. The Hall–Kier alpha value is -2.35. The lowest BCUT2D eigenvalue weighted by atomic mass is 10.0. The molecule has 8 heteroatoms. The molecule has 1 aliphatic heterocycles. The van der Waals surface area contributed by atoms with E-state index in [1.165, 1.54) is 11.3 Å². The molecule has 0 bridgehead atoms. The number of esters is 1. The lowest BCUT2D eigenvalue weighted by molar-refractivity contribution is 0.0526. The predicted octanol–water partition coefficient (Wildman–Crippen LogP) is 4.72. The first-order valence-electron chi connectivity index (χ1n) is 9.44. The van der Waals surface area contributed by atoms with Crippen LogP contribution < -0.4 is 5.32 Å². The van der Waals surface area contributed by atoms with E-state index >= 15 is 0 Å². The number of anilines is 1. The van der Waals surface area contributed by atoms with Crippen molar-refractivity contribution in [2.75, 3.05) is 25.0 Å². The summed E-state index contributed by atoms with van der Waals surface area (Å²) >= 11 is 1.45. The van der Waals surface area contributed by atoms with Gasteiger partial charge in [0, 0.05) is 23.4 Å². The van der Waals surface area contributed by atoms with Crippen molar-refractivity contribution in [1.29, 1.82) is 0 Å². The fourth-order valence-corrected chi connectivity index (χ4v) is 4.77. The molecule has 154 valence electrons. The van der Waals surface area contributed by atoms with Crippen molar-refractivity contribution >= 4 is 51.6 Å². The van der Waals surface area contributed by atoms with Gasteiger partial charge in [0.05, 0.1) is 12.2 Å². The highest BCUT2D eigenvalue weighted by Crippen LogP contribution is 2.38. The summed E-state index contributed by atoms with van der Waals surface area (Å²) in [5.74, 6) is -0.532. The number of ether oxygens (including phenoxy) is 1. The summed E-state index contributed by atoms with van der Waals surface area (Å²) in [5.41, 5.74) is 2.14. The topological polar surface area (TPSA) is 71.8 Å². The fourth-order valence-electron chi connectivity index (χ4n) is 3.49. The largest absolute Gasteiger partial charge is 0.462 e. The highest BCUT2D eigenvalue weighted by atomic mass is 35.5. The number of hydrogen-bond donors (Lipinski definition) is 1. The van der Waals surface area contributed by atoms with E-state index in [9.17, 15) is 9.59 Å². The van der Waals surface area contributed by atoms with Gasteiger partial charge in [0.15, 0.2) is 5.76 Å². The zero-order valence-electron chi connectivity index (χ0n) is 16.3. The number of nitrogens with one attached hydrogen (secondary N) is 1. The Labute approximate surface area is 179 Å². The zero-order chi connectivity index (χ0) is 19.7. The molecule has 2 aromatic heterocycles. The Kier molecular flexibility index (Phi) is 6.62. The van der Waals surface area contributed by atoms with Crippen LogP contribution in [0.2, 0.25) is 0 Å². The lowest BCUT2D eigenvalue weighted by Crippen LogP contribution is -2.30. The number of fused-ring (bicyclic) bond motifs is 2. The van der Waals surface area contributed by atoms with Crippen LogP contribution >= 0.6 is 23.7 Å². The molecule has 0 fully saturated rings. The molecule has 3 aromatic rings. The molecule has 3 heterocycles. The second-order valence-corrected chi connectivity index (χ2v) is 7.75. The molecule has 0 saturated carbocycles. The number of para-hydroxylation sites is 1. The standard InChI is InChI=1S/C21H22N2O4S.ClH/c1-3-23-10-9-14-17(12-23)28-20(18(14)21(25)26-4-2)22-19(24)16-11-13-7-5-6-8-15(13)27-16;/h5-8,11H,3-4,9-10,12H2,1-2H3,(H,22,24);1H. The number of likely N-dealkylation sites (N-methyl/N-ethyl adjacent to an activating group) is 1. The van der Waals surface area contributed by atoms with E-state index in [-0.39, 0.29) is 30.0 Å². The van der Waals surface area contributed by atoms with E-state index in [4.69, 9.17) is 9.15 Å². The number of thiophene rings is 1. The van der Waals surface area contributed by atoms with Crippen LogP contribution in [0.5, 0.6) is 0 Å². The van der Waals surface area contributed by atoms with Crippen molar-refractivity contribution in [3.05, 3.63) is 52.1 Å². The smallest absolute Gasteiger partial charge is 0.341 e. The van der Waals surface area contributed by atoms with Gasteiger partial charge in [-0.3, -0.25) is 9.69 Å². The second kappa shape index (κ2) is 8.98. The molecule has 1 aliphatic rings. The number of benzene rings is 1. The minimum Gasteiger partial charge on any atom is -0.462 e. The van der Waals surface area contributed by atoms with Crippen LogP contribution in [0.3, 0.4) is 0 Å². The Balaban J connectivity index is 0.00000240. The van der Waals surface area contributed by atoms with Gasteiger partial charge in [-0.05, 0) is 37.6 Å². The number of hydrogen-bond acceptors (Lipinski definition) is 6. The van der Waals surface area contributed by atoms with Gasteiger partial charge in [-0.2, -0.15) is 0 Å². The van der Waals surface area contributed by atoms with Gasteiger partial charge in [0.1, 0.15) is 10.6 Å². The van der Waals surface area contributed by atoms with Crippen LogP contribution in [-0.4, -0.2) is 36.5 Å². The van der Waals surface area contributed by atoms with Crippen molar-refractivity contribution < 1.29 is 18.7 Å². The second-order valence-electron chi connectivity index (χ2n) is 6.65. The third-order valence-electron chi connectivity index (χ3n) is 4.94. The molecule has 1 N–H and O–H groups in total. The molecule has 29 heavy (non-hydrogen) atoms. The minimum absolute atomic E-state index is 0. The monoisotopic (exact) mass is 434 g/mol. The van der Waals surface area contributed by atoms with Gasteiger partial charge >= 0.3 is 5.97 Å². The molecule has 0 unspecified atom stereocenters. The Bertz CT molecular complexity index is 1010. The van der Waals surface area contributed by atoms with Crippen molar-refractivity contribution in [1.82, 2.24) is 4.90 Å². The first-order chi connectivity index (χ1) is 13.6. The van der Waals surface area contributed by atoms with Crippen molar-refractivity contribution in [2.24, 2.45) is 0 Å². The first kappa shape index (κ1) is 21.4. The summed E-state index contributed by atoms with van der Waals surface area (Å²) in [5, 5.41) is 4.28. The van der Waals surface area contributed by atoms with Gasteiger partial charge in [0.2, 0.25) is 0 Å². The average molecular weight is 435 g/mol. The number of carbonyl (C=O) groups is 2. The van der Waals surface area contributed by atoms with Crippen LogP contribution in [0.1, 0.15) is 45.2 Å². The van der Waals surface area contributed by atoms with E-state index in [1.807, 2.05) is 24.3 Å². The van der Waals surface area contributed by atoms with E-state index in [0.717, 1.165) is 41.9 Å². The van der Waals surface area contributed by atoms with Crippen LogP contribution in [0, 0.1) is 0 Å². The average Bonchev–Trinajstić information content (AvgIpc) is 3.28. The number of halogens is 1. The molecular weight excluding hydrogens is 412 g/mol. The SMILES string of the molecule is CCOC(=O)c1c(NC(=O)c2cc3ccccc3o2)sc2c1CCN(CC)C2.Cl. The third kappa shape index (κ3) is 4.17. The van der Waals surface area contributed by atoms with Gasteiger partial charge < -0.3 is 14.5 Å². The third-order valence-corrected chi connectivity index (χ3v) is 6.07. The summed E-state index contributed by atoms with van der Waals surface area (Å²) in [4.78, 5) is 28.8. The molecule has 0 aliphatic carbocycles. The maximum absolute atomic E-state index is 12.8. The normalized spacial score (nSPS) is 13.6. The first-order valence-corrected chi connectivity index (χ1v) is 10.3. The van der Waals surface area contributed by atoms with Gasteiger partial charge in [-0.15, -0.1) is 23.7 Å². The molecule has 6 nitrogen and oxygen atoms in total. The number of carbonyl (C=O) groups excluding carboxylic acids is 2. The fraction of sp³-hybridized carbons (Fsp3) is 0.333. The van der Waals surface area contributed by atoms with Crippen molar-refractivity contribution in [2.45, 2.75) is 26.8 Å². The van der Waals surface area contributed by atoms with Gasteiger partial charge in [-0.25, -0.2) is 4.79 Å². The van der Waals surface area contributed by atoms with E-state index in [0.29, 0.717) is 22.8 Å². The summed E-state index contributed by atoms with van der Waals surface area (Å²) in [6, 6.07) is 9.17. The Morgan fingerprint density at radius 3 is 2.79 bits per heavy atom. The quantitative estimate of drug-likeness (QED) is 0.588. The number of amides is 1. The minimum atomic E-state index is -0.384. The highest BCUT2D eigenvalue weighted by molar-refractivity contribution is 7.17.